The number of hydrogen-bond donors (Lipinski definition) is 1. The maximum atomic E-state index is 5.37. The molecule has 1 aliphatic heterocycles. The summed E-state index contributed by atoms with van der Waals surface area (Å²) in [5.41, 5.74) is 1.60. The Bertz CT molecular complexity index is 495. The van der Waals surface area contributed by atoms with Gasteiger partial charge in [-0.15, -0.1) is 0 Å². The smallest absolute Gasteiger partial charge is 0.157 e. The van der Waals surface area contributed by atoms with Gasteiger partial charge in [0.05, 0.1) is 7.11 Å². The van der Waals surface area contributed by atoms with E-state index in [9.17, 15) is 0 Å². The number of methoxy groups -OCH3 is 1. The Balaban J connectivity index is 1.56. The molecule has 1 spiro atoms. The molecular weight excluding hydrogens is 268 g/mol. The van der Waals surface area contributed by atoms with Crippen molar-refractivity contribution in [2.75, 3.05) is 19.4 Å². The van der Waals surface area contributed by atoms with E-state index in [0.29, 0.717) is 5.54 Å². The molecule has 0 amide bonds. The van der Waals surface area contributed by atoms with Gasteiger partial charge in [-0.3, -0.25) is 4.99 Å². The zero-order valence-electron chi connectivity index (χ0n) is 12.0. The maximum Gasteiger partial charge on any atom is 0.157 e. The molecular formula is C16H22N2OS. The lowest BCUT2D eigenvalue weighted by Crippen LogP contribution is -2.40. The van der Waals surface area contributed by atoms with E-state index in [0.717, 1.165) is 23.9 Å². The number of hydrogen-bond acceptors (Lipinski definition) is 3. The summed E-state index contributed by atoms with van der Waals surface area (Å²) in [4.78, 5) is 4.73. The van der Waals surface area contributed by atoms with Crippen molar-refractivity contribution in [3.05, 3.63) is 29.8 Å². The van der Waals surface area contributed by atoms with Crippen LogP contribution in [-0.2, 0) is 6.42 Å². The summed E-state index contributed by atoms with van der Waals surface area (Å²) in [5, 5.41) is 4.80. The molecule has 0 atom stereocenters. The van der Waals surface area contributed by atoms with Gasteiger partial charge >= 0.3 is 0 Å². The molecule has 1 aromatic carbocycles. The number of ether oxygens (including phenoxy) is 1. The lowest BCUT2D eigenvalue weighted by molar-refractivity contribution is 0.409. The van der Waals surface area contributed by atoms with Crippen molar-refractivity contribution in [3.63, 3.8) is 0 Å². The molecule has 4 heteroatoms. The van der Waals surface area contributed by atoms with Crippen LogP contribution in [0.25, 0.3) is 0 Å². The second-order valence-corrected chi connectivity index (χ2v) is 6.61. The first-order chi connectivity index (χ1) is 9.81. The first-order valence-corrected chi connectivity index (χ1v) is 8.37. The zero-order chi connectivity index (χ0) is 13.8. The molecule has 1 aromatic rings. The fraction of sp³-hybridized carbons (Fsp3) is 0.562. The predicted molar refractivity (Wildman–Crippen MR) is 85.8 cm³/mol. The van der Waals surface area contributed by atoms with E-state index in [-0.39, 0.29) is 0 Å². The number of para-hydroxylation sites is 1. The van der Waals surface area contributed by atoms with E-state index in [2.05, 4.69) is 17.4 Å². The van der Waals surface area contributed by atoms with Crippen LogP contribution in [0, 0.1) is 0 Å². The van der Waals surface area contributed by atoms with Crippen LogP contribution in [0.3, 0.4) is 0 Å². The average Bonchev–Trinajstić information content (AvgIpc) is 3.10. The molecule has 1 heterocycles. The molecule has 1 saturated heterocycles. The maximum absolute atomic E-state index is 5.37. The Morgan fingerprint density at radius 1 is 1.30 bits per heavy atom. The first-order valence-electron chi connectivity index (χ1n) is 7.39. The Morgan fingerprint density at radius 2 is 2.10 bits per heavy atom. The van der Waals surface area contributed by atoms with Gasteiger partial charge in [0.2, 0.25) is 0 Å². The molecule has 20 heavy (non-hydrogen) atoms. The predicted octanol–water partition coefficient (Wildman–Crippen LogP) is 3.24. The van der Waals surface area contributed by atoms with Crippen LogP contribution in [0.5, 0.6) is 5.75 Å². The lowest BCUT2D eigenvalue weighted by atomic mass is 10.0. The van der Waals surface area contributed by atoms with Crippen LogP contribution in [0.1, 0.15) is 31.2 Å². The van der Waals surface area contributed by atoms with E-state index in [1.165, 1.54) is 37.0 Å². The summed E-state index contributed by atoms with van der Waals surface area (Å²) in [6.45, 7) is 0.825. The molecule has 2 aliphatic rings. The number of benzene rings is 1. The van der Waals surface area contributed by atoms with Crippen molar-refractivity contribution in [2.45, 2.75) is 37.6 Å². The van der Waals surface area contributed by atoms with Gasteiger partial charge in [0.25, 0.3) is 0 Å². The van der Waals surface area contributed by atoms with Gasteiger partial charge < -0.3 is 10.1 Å². The van der Waals surface area contributed by atoms with Crippen LogP contribution >= 0.6 is 11.8 Å². The Morgan fingerprint density at radius 3 is 2.90 bits per heavy atom. The van der Waals surface area contributed by atoms with Gasteiger partial charge in [0.1, 0.15) is 5.75 Å². The van der Waals surface area contributed by atoms with Crippen LogP contribution < -0.4 is 10.1 Å². The first kappa shape index (κ1) is 13.8. The van der Waals surface area contributed by atoms with Crippen molar-refractivity contribution >= 4 is 16.9 Å². The summed E-state index contributed by atoms with van der Waals surface area (Å²) in [7, 11) is 1.73. The fourth-order valence-electron chi connectivity index (χ4n) is 3.10. The second kappa shape index (κ2) is 6.08. The minimum atomic E-state index is 0.369. The highest BCUT2D eigenvalue weighted by atomic mass is 32.2. The van der Waals surface area contributed by atoms with Crippen molar-refractivity contribution in [2.24, 2.45) is 4.99 Å². The number of rotatable bonds is 4. The molecule has 0 aromatic heterocycles. The van der Waals surface area contributed by atoms with E-state index in [4.69, 9.17) is 9.73 Å². The molecule has 1 N–H and O–H groups in total. The highest BCUT2D eigenvalue weighted by Gasteiger charge is 2.39. The van der Waals surface area contributed by atoms with Crippen LogP contribution in [0.4, 0.5) is 0 Å². The fourth-order valence-corrected chi connectivity index (χ4v) is 4.34. The molecule has 0 unspecified atom stereocenters. The molecule has 0 bridgehead atoms. The summed E-state index contributed by atoms with van der Waals surface area (Å²) in [6, 6.07) is 8.19. The van der Waals surface area contributed by atoms with Crippen molar-refractivity contribution in [1.82, 2.24) is 5.32 Å². The van der Waals surface area contributed by atoms with Crippen LogP contribution in [-0.4, -0.2) is 30.1 Å². The van der Waals surface area contributed by atoms with Gasteiger partial charge in [-0.05, 0) is 30.9 Å². The van der Waals surface area contributed by atoms with Crippen molar-refractivity contribution < 1.29 is 4.74 Å². The largest absolute Gasteiger partial charge is 0.496 e. The van der Waals surface area contributed by atoms with E-state index >= 15 is 0 Å². The summed E-state index contributed by atoms with van der Waals surface area (Å²) in [6.07, 6.45) is 6.28. The third-order valence-electron chi connectivity index (χ3n) is 4.25. The molecule has 3 nitrogen and oxygen atoms in total. The quantitative estimate of drug-likeness (QED) is 0.924. The summed E-state index contributed by atoms with van der Waals surface area (Å²) < 4.78 is 5.37. The molecule has 1 aliphatic carbocycles. The monoisotopic (exact) mass is 290 g/mol. The topological polar surface area (TPSA) is 33.6 Å². The third-order valence-corrected chi connectivity index (χ3v) is 5.45. The minimum Gasteiger partial charge on any atom is -0.496 e. The van der Waals surface area contributed by atoms with E-state index < -0.39 is 0 Å². The number of nitrogens with one attached hydrogen (secondary N) is 1. The highest BCUT2D eigenvalue weighted by Crippen LogP contribution is 2.37. The van der Waals surface area contributed by atoms with Gasteiger partial charge in [0, 0.05) is 17.8 Å². The normalized spacial score (nSPS) is 22.4. The SMILES string of the molecule is COc1ccccc1CCN=C1NC2(CCCC2)CS1. The summed E-state index contributed by atoms with van der Waals surface area (Å²) >= 11 is 1.89. The van der Waals surface area contributed by atoms with Crippen LogP contribution in [0.15, 0.2) is 29.3 Å². The summed E-state index contributed by atoms with van der Waals surface area (Å²) in [5.74, 6) is 2.16. The number of aliphatic imine (C=N–C) groups is 1. The number of thioether (sulfide) groups is 1. The molecule has 2 fully saturated rings. The van der Waals surface area contributed by atoms with Crippen LogP contribution in [0.2, 0.25) is 0 Å². The molecule has 3 rings (SSSR count). The Hall–Kier alpha value is -1.16. The molecule has 108 valence electrons. The van der Waals surface area contributed by atoms with Crippen molar-refractivity contribution in [1.29, 1.82) is 0 Å². The highest BCUT2D eigenvalue weighted by molar-refractivity contribution is 8.14. The van der Waals surface area contributed by atoms with E-state index in [1.807, 2.05) is 23.9 Å². The standard InChI is InChI=1S/C16H22N2OS/c1-19-14-7-3-2-6-13(14)8-11-17-15-18-16(12-20-15)9-4-5-10-16/h2-3,6-7H,4-5,8-12H2,1H3,(H,17,18). The molecule has 0 radical (unpaired) electrons. The third kappa shape index (κ3) is 2.95. The van der Waals surface area contributed by atoms with Gasteiger partial charge in [-0.1, -0.05) is 42.8 Å². The number of nitrogens with zero attached hydrogens (tertiary/aromatic N) is 1. The second-order valence-electron chi connectivity index (χ2n) is 5.65. The number of amidine groups is 1. The zero-order valence-corrected chi connectivity index (χ0v) is 12.8. The van der Waals surface area contributed by atoms with Gasteiger partial charge in [-0.25, -0.2) is 0 Å². The van der Waals surface area contributed by atoms with Crippen molar-refractivity contribution in [3.8, 4) is 5.75 Å². The van der Waals surface area contributed by atoms with Gasteiger partial charge in [0.15, 0.2) is 5.17 Å². The minimum absolute atomic E-state index is 0.369. The Labute approximate surface area is 125 Å². The van der Waals surface area contributed by atoms with E-state index in [1.54, 1.807) is 7.11 Å². The molecule has 1 saturated carbocycles. The van der Waals surface area contributed by atoms with Gasteiger partial charge in [-0.2, -0.15) is 0 Å². The average molecular weight is 290 g/mol. The Kier molecular flexibility index (Phi) is 4.20. The lowest BCUT2D eigenvalue weighted by Gasteiger charge is -2.21.